The van der Waals surface area contributed by atoms with E-state index in [0.717, 1.165) is 6.42 Å². The van der Waals surface area contributed by atoms with Gasteiger partial charge in [0, 0.05) is 13.7 Å². The van der Waals surface area contributed by atoms with Gasteiger partial charge < -0.3 is 14.7 Å². The van der Waals surface area contributed by atoms with Crippen molar-refractivity contribution < 1.29 is 19.4 Å². The predicted molar refractivity (Wildman–Crippen MR) is 65.0 cm³/mol. The van der Waals surface area contributed by atoms with Crippen LogP contribution in [-0.4, -0.2) is 47.7 Å². The van der Waals surface area contributed by atoms with E-state index >= 15 is 0 Å². The lowest BCUT2D eigenvalue weighted by atomic mass is 10.1. The number of carboxylic acids is 1. The highest BCUT2D eigenvalue weighted by atomic mass is 16.5. The smallest absolute Gasteiger partial charge is 0.307 e. The molecule has 5 nitrogen and oxygen atoms in total. The summed E-state index contributed by atoms with van der Waals surface area (Å²) in [4.78, 5) is 25.2. The van der Waals surface area contributed by atoms with Crippen molar-refractivity contribution in [2.75, 3.05) is 13.7 Å². The summed E-state index contributed by atoms with van der Waals surface area (Å²) in [7, 11) is 1.76. The Morgan fingerprint density at radius 1 is 1.33 bits per heavy atom. The Bertz CT molecular complexity index is 379. The first-order chi connectivity index (χ1) is 8.28. The zero-order valence-electron chi connectivity index (χ0n) is 11.3. The lowest BCUT2D eigenvalue weighted by molar-refractivity contribution is -0.142. The Labute approximate surface area is 107 Å². The topological polar surface area (TPSA) is 66.8 Å². The van der Waals surface area contributed by atoms with Crippen LogP contribution >= 0.6 is 0 Å². The van der Waals surface area contributed by atoms with Crippen molar-refractivity contribution in [2.45, 2.75) is 39.3 Å². The van der Waals surface area contributed by atoms with Gasteiger partial charge in [-0.25, -0.2) is 0 Å². The second kappa shape index (κ2) is 4.23. The Balaban J connectivity index is 2.06. The van der Waals surface area contributed by atoms with Gasteiger partial charge in [0.2, 0.25) is 5.91 Å². The molecule has 2 unspecified atom stereocenters. The van der Waals surface area contributed by atoms with Gasteiger partial charge in [-0.3, -0.25) is 9.59 Å². The maximum atomic E-state index is 12.4. The summed E-state index contributed by atoms with van der Waals surface area (Å²) in [6, 6.07) is 0.0725. The molecule has 1 amide bonds. The van der Waals surface area contributed by atoms with Gasteiger partial charge in [-0.15, -0.1) is 0 Å². The molecule has 1 saturated carbocycles. The Morgan fingerprint density at radius 2 is 1.94 bits per heavy atom. The van der Waals surface area contributed by atoms with Crippen LogP contribution in [0.25, 0.3) is 0 Å². The molecular formula is C13H21NO4. The molecule has 1 aliphatic heterocycles. The molecule has 0 bridgehead atoms. The molecule has 4 atom stereocenters. The fourth-order valence-electron chi connectivity index (χ4n) is 3.17. The summed E-state index contributed by atoms with van der Waals surface area (Å²) >= 11 is 0. The Morgan fingerprint density at radius 3 is 2.33 bits per heavy atom. The summed E-state index contributed by atoms with van der Waals surface area (Å²) in [5.41, 5.74) is -0.431. The highest BCUT2D eigenvalue weighted by Gasteiger charge is 2.66. The van der Waals surface area contributed by atoms with Crippen LogP contribution < -0.4 is 0 Å². The molecule has 18 heavy (non-hydrogen) atoms. The van der Waals surface area contributed by atoms with E-state index in [9.17, 15) is 9.59 Å². The van der Waals surface area contributed by atoms with Crippen molar-refractivity contribution in [3.63, 3.8) is 0 Å². The van der Waals surface area contributed by atoms with Crippen molar-refractivity contribution in [2.24, 2.45) is 17.3 Å². The van der Waals surface area contributed by atoms with Gasteiger partial charge in [0.1, 0.15) is 0 Å². The van der Waals surface area contributed by atoms with Crippen molar-refractivity contribution in [3.05, 3.63) is 0 Å². The molecule has 0 aromatic carbocycles. The lowest BCUT2D eigenvalue weighted by Gasteiger charge is -2.27. The van der Waals surface area contributed by atoms with Crippen molar-refractivity contribution >= 4 is 11.9 Å². The number of rotatable bonds is 3. The second-order valence-corrected chi connectivity index (χ2v) is 6.00. The fraction of sp³-hybridized carbons (Fsp3) is 0.846. The first-order valence-corrected chi connectivity index (χ1v) is 6.39. The van der Waals surface area contributed by atoms with Gasteiger partial charge in [-0.2, -0.15) is 0 Å². The van der Waals surface area contributed by atoms with Crippen molar-refractivity contribution in [3.8, 4) is 0 Å². The highest BCUT2D eigenvalue weighted by molar-refractivity contribution is 5.91. The number of carbonyl (C=O) groups is 2. The number of carboxylic acid groups (broad SMARTS) is 1. The standard InChI is InChI=1S/C13H21NO4/c1-7-8(5-6-18-7)14(4)11(15)9-10(12(16)17)13(9,2)3/h7-10H,5-6H2,1-4H3,(H,16,17)/t7?,8?,9-,10+/m1/s1. The van der Waals surface area contributed by atoms with Gasteiger partial charge in [0.05, 0.1) is 24.0 Å². The normalized spacial score (nSPS) is 37.3. The molecular weight excluding hydrogens is 234 g/mol. The zero-order chi connectivity index (χ0) is 13.7. The first-order valence-electron chi connectivity index (χ1n) is 6.39. The van der Waals surface area contributed by atoms with Crippen molar-refractivity contribution in [1.29, 1.82) is 0 Å². The average molecular weight is 255 g/mol. The van der Waals surface area contributed by atoms with E-state index in [0.29, 0.717) is 6.61 Å². The maximum absolute atomic E-state index is 12.4. The largest absolute Gasteiger partial charge is 0.481 e. The van der Waals surface area contributed by atoms with Crippen LogP contribution in [0.5, 0.6) is 0 Å². The molecule has 0 spiro atoms. The minimum absolute atomic E-state index is 0.0316. The molecule has 1 saturated heterocycles. The number of nitrogens with zero attached hydrogens (tertiary/aromatic N) is 1. The Kier molecular flexibility index (Phi) is 3.13. The molecule has 5 heteroatoms. The second-order valence-electron chi connectivity index (χ2n) is 6.00. The number of amides is 1. The van der Waals surface area contributed by atoms with E-state index in [4.69, 9.17) is 9.84 Å². The molecule has 0 aromatic heterocycles. The van der Waals surface area contributed by atoms with Crippen LogP contribution in [0.15, 0.2) is 0 Å². The van der Waals surface area contributed by atoms with Gasteiger partial charge in [0.15, 0.2) is 0 Å². The van der Waals surface area contributed by atoms with Crippen LogP contribution in [0.3, 0.4) is 0 Å². The predicted octanol–water partition coefficient (Wildman–Crippen LogP) is 0.979. The summed E-state index contributed by atoms with van der Waals surface area (Å²) in [5, 5.41) is 9.11. The highest BCUT2D eigenvalue weighted by Crippen LogP contribution is 2.59. The number of hydrogen-bond donors (Lipinski definition) is 1. The molecule has 2 fully saturated rings. The third kappa shape index (κ3) is 1.90. The first kappa shape index (κ1) is 13.3. The zero-order valence-corrected chi connectivity index (χ0v) is 11.3. The van der Waals surface area contributed by atoms with Crippen molar-refractivity contribution in [1.82, 2.24) is 4.90 Å². The minimum Gasteiger partial charge on any atom is -0.481 e. The van der Waals surface area contributed by atoms with Crippen LogP contribution in [0.1, 0.15) is 27.2 Å². The lowest BCUT2D eigenvalue weighted by Crippen LogP contribution is -2.42. The SMILES string of the molecule is CC1OCCC1N(C)C(=O)[C@H]1[C@@H](C(=O)O)C1(C)C. The summed E-state index contributed by atoms with van der Waals surface area (Å²) in [5.74, 6) is -1.88. The number of ether oxygens (including phenoxy) is 1. The third-order valence-electron chi connectivity index (χ3n) is 4.54. The maximum Gasteiger partial charge on any atom is 0.307 e. The fourth-order valence-corrected chi connectivity index (χ4v) is 3.17. The van der Waals surface area contributed by atoms with Crippen LogP contribution in [0.4, 0.5) is 0 Å². The van der Waals surface area contributed by atoms with Gasteiger partial charge >= 0.3 is 5.97 Å². The van der Waals surface area contributed by atoms with E-state index in [1.807, 2.05) is 20.8 Å². The average Bonchev–Trinajstić information content (AvgIpc) is 2.63. The molecule has 0 radical (unpaired) electrons. The summed E-state index contributed by atoms with van der Waals surface area (Å²) < 4.78 is 5.45. The summed E-state index contributed by atoms with van der Waals surface area (Å²) in [6.07, 6.45) is 0.859. The molecule has 2 aliphatic rings. The quantitative estimate of drug-likeness (QED) is 0.816. The van der Waals surface area contributed by atoms with Crippen LogP contribution in [-0.2, 0) is 14.3 Å². The minimum atomic E-state index is -0.873. The van der Waals surface area contributed by atoms with E-state index in [1.165, 1.54) is 0 Å². The van der Waals surface area contributed by atoms with Crippen LogP contribution in [0, 0.1) is 17.3 Å². The molecule has 102 valence electrons. The molecule has 1 N–H and O–H groups in total. The molecule has 2 rings (SSSR count). The molecule has 0 aromatic rings. The molecule has 1 heterocycles. The van der Waals surface area contributed by atoms with Gasteiger partial charge in [0.25, 0.3) is 0 Å². The van der Waals surface area contributed by atoms with E-state index in [-0.39, 0.29) is 18.1 Å². The van der Waals surface area contributed by atoms with E-state index in [2.05, 4.69) is 0 Å². The van der Waals surface area contributed by atoms with E-state index in [1.54, 1.807) is 11.9 Å². The third-order valence-corrected chi connectivity index (χ3v) is 4.54. The summed E-state index contributed by atoms with van der Waals surface area (Å²) in [6.45, 7) is 6.31. The monoisotopic (exact) mass is 255 g/mol. The van der Waals surface area contributed by atoms with E-state index < -0.39 is 23.2 Å². The van der Waals surface area contributed by atoms with Crippen LogP contribution in [0.2, 0.25) is 0 Å². The number of hydrogen-bond acceptors (Lipinski definition) is 3. The van der Waals surface area contributed by atoms with Gasteiger partial charge in [-0.1, -0.05) is 13.8 Å². The number of likely N-dealkylation sites (N-methyl/N-ethyl adjacent to an activating group) is 1. The molecule has 1 aliphatic carbocycles. The number of aliphatic carboxylic acids is 1. The number of carbonyl (C=O) groups excluding carboxylic acids is 1. The Hall–Kier alpha value is -1.10. The van der Waals surface area contributed by atoms with Gasteiger partial charge in [-0.05, 0) is 18.8 Å².